The summed E-state index contributed by atoms with van der Waals surface area (Å²) < 4.78 is 2.98. The molecule has 0 radical (unpaired) electrons. The fourth-order valence-corrected chi connectivity index (χ4v) is 14.2. The van der Waals surface area contributed by atoms with Crippen molar-refractivity contribution in [3.8, 4) is 0 Å². The summed E-state index contributed by atoms with van der Waals surface area (Å²) in [6.07, 6.45) is 8.31. The molecule has 0 spiro atoms. The fraction of sp³-hybridized carbons (Fsp3) is 0.875. The van der Waals surface area contributed by atoms with Gasteiger partial charge in [0.2, 0.25) is 0 Å². The quantitative estimate of drug-likeness (QED) is 0.504. The molecule has 114 valence electrons. The number of hydrogen-bond donors (Lipinski definition) is 0. The van der Waals surface area contributed by atoms with Gasteiger partial charge in [-0.25, -0.2) is 0 Å². The van der Waals surface area contributed by atoms with E-state index in [4.69, 9.17) is 0 Å². The van der Waals surface area contributed by atoms with Crippen LogP contribution in [0.5, 0.6) is 0 Å². The molecule has 0 bridgehead atoms. The summed E-state index contributed by atoms with van der Waals surface area (Å²) in [5.74, 6) is 2.47. The van der Waals surface area contributed by atoms with E-state index < -0.39 is 7.41 Å². The maximum absolute atomic E-state index is 4.35. The molecule has 0 unspecified atom stereocenters. The second kappa shape index (κ2) is 8.11. The molecule has 0 saturated carbocycles. The average molecular weight is 303 g/mol. The van der Waals surface area contributed by atoms with Crippen LogP contribution in [0.4, 0.5) is 0 Å². The van der Waals surface area contributed by atoms with E-state index in [9.17, 15) is 0 Å². The van der Waals surface area contributed by atoms with Gasteiger partial charge in [-0.3, -0.25) is 0 Å². The molecule has 1 rings (SSSR count). The Morgan fingerprint density at radius 2 is 1.68 bits per heavy atom. The second-order valence-corrected chi connectivity index (χ2v) is 13.1. The molecule has 2 atom stereocenters. The third-order valence-electron chi connectivity index (χ3n) is 5.14. The Bertz CT molecular complexity index is 266. The first-order valence-corrected chi connectivity index (χ1v) is 12.5. The van der Waals surface area contributed by atoms with Crippen LogP contribution in [-0.4, -0.2) is 35.6 Å². The molecule has 0 aromatic rings. The number of hydrogen-bond acceptors (Lipinski definition) is 1. The van der Waals surface area contributed by atoms with E-state index in [1.807, 2.05) is 0 Å². The molecule has 1 fully saturated rings. The van der Waals surface area contributed by atoms with E-state index in [1.165, 1.54) is 45.1 Å². The molecule has 3 heteroatoms. The van der Waals surface area contributed by atoms with Crippen molar-refractivity contribution in [3.05, 3.63) is 12.4 Å². The predicted octanol–water partition coefficient (Wildman–Crippen LogP) is 5.90. The zero-order valence-electron chi connectivity index (χ0n) is 13.8. The van der Waals surface area contributed by atoms with Crippen LogP contribution in [0, 0.1) is 0 Å². The Labute approximate surface area is 123 Å². The van der Waals surface area contributed by atoms with Gasteiger partial charge in [-0.2, -0.15) is 0 Å². The van der Waals surface area contributed by atoms with Gasteiger partial charge in [0.15, 0.2) is 0 Å². The van der Waals surface area contributed by atoms with Crippen LogP contribution in [0.1, 0.15) is 59.3 Å². The average Bonchev–Trinajstić information content (AvgIpc) is 2.77. The molecular weight excluding hydrogens is 268 g/mol. The van der Waals surface area contributed by atoms with Crippen molar-refractivity contribution in [2.45, 2.75) is 70.6 Å². The minimum absolute atomic E-state index is 0.0182. The first kappa shape index (κ1) is 17.6. The molecule has 0 N–H and O–H groups in total. The van der Waals surface area contributed by atoms with E-state index in [0.717, 1.165) is 11.3 Å². The van der Waals surface area contributed by atoms with Gasteiger partial charge in [0.25, 0.3) is 0 Å². The molecule has 0 aliphatic carbocycles. The SMILES string of the molecule is C=C[PH]1(N(CCCC)P(C)C)[C@H](CC)CC[C@H]1CC. The van der Waals surface area contributed by atoms with Crippen molar-refractivity contribution in [1.82, 2.24) is 4.44 Å². The zero-order valence-corrected chi connectivity index (χ0v) is 15.7. The monoisotopic (exact) mass is 303 g/mol. The van der Waals surface area contributed by atoms with E-state index in [0.29, 0.717) is 0 Å². The van der Waals surface area contributed by atoms with Crippen molar-refractivity contribution in [1.29, 1.82) is 0 Å². The van der Waals surface area contributed by atoms with E-state index in [-0.39, 0.29) is 8.07 Å². The molecule has 0 aromatic carbocycles. The topological polar surface area (TPSA) is 3.24 Å². The molecule has 0 aromatic heterocycles. The standard InChI is InChI=1S/C16H35NP2/c1-7-11-14-17(18(5)6)19(10-4)15(8-2)12-13-16(19)9-3/h10,15-16,19H,4,7-9,11-14H2,1-3,5-6H3/t15-,16-/m1/s1. The van der Waals surface area contributed by atoms with Crippen LogP contribution in [-0.2, 0) is 0 Å². The van der Waals surface area contributed by atoms with Crippen LogP contribution in [0.25, 0.3) is 0 Å². The first-order valence-electron chi connectivity index (χ1n) is 8.16. The summed E-state index contributed by atoms with van der Waals surface area (Å²) in [4.78, 5) is 0. The molecule has 1 aliphatic rings. The minimum atomic E-state index is -1.47. The first-order chi connectivity index (χ1) is 9.08. The predicted molar refractivity (Wildman–Crippen MR) is 96.3 cm³/mol. The molecule has 1 aliphatic heterocycles. The molecule has 1 nitrogen and oxygen atoms in total. The third-order valence-corrected chi connectivity index (χ3v) is 14.3. The van der Waals surface area contributed by atoms with Crippen LogP contribution < -0.4 is 0 Å². The molecule has 1 saturated heterocycles. The Hall–Kier alpha value is 0.560. The van der Waals surface area contributed by atoms with Gasteiger partial charge in [0.1, 0.15) is 0 Å². The second-order valence-electron chi connectivity index (χ2n) is 6.20. The summed E-state index contributed by atoms with van der Waals surface area (Å²) in [5, 5.41) is 0. The Balaban J connectivity index is 3.10. The van der Waals surface area contributed by atoms with Crippen molar-refractivity contribution >= 4 is 15.5 Å². The number of nitrogens with zero attached hydrogens (tertiary/aromatic N) is 1. The van der Waals surface area contributed by atoms with Crippen LogP contribution in [0.2, 0.25) is 0 Å². The molecule has 1 heterocycles. The van der Waals surface area contributed by atoms with Gasteiger partial charge in [-0.1, -0.05) is 0 Å². The van der Waals surface area contributed by atoms with Crippen molar-refractivity contribution in [2.75, 3.05) is 19.9 Å². The molecular formula is C16H35NP2. The summed E-state index contributed by atoms with van der Waals surface area (Å²) >= 11 is 0. The van der Waals surface area contributed by atoms with Crippen LogP contribution in [0.15, 0.2) is 12.4 Å². The van der Waals surface area contributed by atoms with Gasteiger partial charge in [-0.05, 0) is 0 Å². The van der Waals surface area contributed by atoms with Crippen LogP contribution in [0.3, 0.4) is 0 Å². The normalized spacial score (nSPS) is 27.9. The fourth-order valence-electron chi connectivity index (χ4n) is 4.17. The van der Waals surface area contributed by atoms with Gasteiger partial charge in [0.05, 0.1) is 0 Å². The summed E-state index contributed by atoms with van der Waals surface area (Å²) in [5.41, 5.74) is 1.91. The Morgan fingerprint density at radius 1 is 1.16 bits per heavy atom. The van der Waals surface area contributed by atoms with Gasteiger partial charge < -0.3 is 0 Å². The van der Waals surface area contributed by atoms with Crippen molar-refractivity contribution in [3.63, 3.8) is 0 Å². The van der Waals surface area contributed by atoms with E-state index >= 15 is 0 Å². The number of unbranched alkanes of at least 4 members (excludes halogenated alkanes) is 1. The van der Waals surface area contributed by atoms with Gasteiger partial charge in [0, 0.05) is 0 Å². The van der Waals surface area contributed by atoms with Crippen molar-refractivity contribution < 1.29 is 0 Å². The number of rotatable bonds is 8. The summed E-state index contributed by atoms with van der Waals surface area (Å²) in [6, 6.07) is 0. The third kappa shape index (κ3) is 3.42. The Kier molecular flexibility index (Phi) is 7.52. The van der Waals surface area contributed by atoms with Crippen molar-refractivity contribution in [2.24, 2.45) is 0 Å². The van der Waals surface area contributed by atoms with Gasteiger partial charge in [-0.15, -0.1) is 0 Å². The molecule has 19 heavy (non-hydrogen) atoms. The molecule has 0 amide bonds. The summed E-state index contributed by atoms with van der Waals surface area (Å²) in [7, 11) is -1.45. The maximum atomic E-state index is 4.35. The van der Waals surface area contributed by atoms with E-state index in [2.05, 4.69) is 50.9 Å². The van der Waals surface area contributed by atoms with Crippen LogP contribution >= 0.6 is 15.5 Å². The zero-order chi connectivity index (χ0) is 14.5. The van der Waals surface area contributed by atoms with Gasteiger partial charge >= 0.3 is 123 Å². The summed E-state index contributed by atoms with van der Waals surface area (Å²) in [6.45, 7) is 17.7. The van der Waals surface area contributed by atoms with E-state index in [1.54, 1.807) is 0 Å². The Morgan fingerprint density at radius 3 is 2.00 bits per heavy atom.